The van der Waals surface area contributed by atoms with Crippen molar-refractivity contribution in [2.45, 2.75) is 26.7 Å². The summed E-state index contributed by atoms with van der Waals surface area (Å²) in [6.07, 6.45) is 0. The highest BCUT2D eigenvalue weighted by Gasteiger charge is 2.17. The van der Waals surface area contributed by atoms with Gasteiger partial charge in [0, 0.05) is 16.8 Å². The molecule has 0 radical (unpaired) electrons. The molecule has 156 valence electrons. The van der Waals surface area contributed by atoms with Gasteiger partial charge in [0.1, 0.15) is 5.52 Å². The standard InChI is InChI=1S/C25H22N2O4/c1-14(2)16-6-8-21-20(10-16)27-25(31-21)18-5-4-15(3)19(11-18)26-24(28)17-7-9-22-23(12-17)30-13-29-22/h4-12,14H,13H2,1-3H3,(H,26,28). The highest BCUT2D eigenvalue weighted by atomic mass is 16.7. The summed E-state index contributed by atoms with van der Waals surface area (Å²) >= 11 is 0. The second-order valence-corrected chi connectivity index (χ2v) is 7.95. The number of nitrogens with zero attached hydrogens (tertiary/aromatic N) is 1. The zero-order valence-electron chi connectivity index (χ0n) is 17.6. The maximum absolute atomic E-state index is 12.8. The van der Waals surface area contributed by atoms with Gasteiger partial charge in [0.05, 0.1) is 0 Å². The van der Waals surface area contributed by atoms with E-state index in [1.165, 1.54) is 5.56 Å². The Bertz CT molecular complexity index is 1310. The smallest absolute Gasteiger partial charge is 0.255 e. The minimum atomic E-state index is -0.224. The molecule has 0 fully saturated rings. The monoisotopic (exact) mass is 414 g/mol. The van der Waals surface area contributed by atoms with Crippen LogP contribution in [0.25, 0.3) is 22.6 Å². The van der Waals surface area contributed by atoms with Gasteiger partial charge in [-0.05, 0) is 66.4 Å². The van der Waals surface area contributed by atoms with Crippen LogP contribution in [0.3, 0.4) is 0 Å². The average Bonchev–Trinajstić information content (AvgIpc) is 3.40. The predicted molar refractivity (Wildman–Crippen MR) is 119 cm³/mol. The number of fused-ring (bicyclic) bond motifs is 2. The lowest BCUT2D eigenvalue weighted by Gasteiger charge is -2.10. The molecule has 2 heterocycles. The predicted octanol–water partition coefficient (Wildman–Crippen LogP) is 5.91. The molecule has 0 bridgehead atoms. The highest BCUT2D eigenvalue weighted by Crippen LogP contribution is 2.33. The molecule has 31 heavy (non-hydrogen) atoms. The Kier molecular flexibility index (Phi) is 4.62. The van der Waals surface area contributed by atoms with Gasteiger partial charge < -0.3 is 19.2 Å². The summed E-state index contributed by atoms with van der Waals surface area (Å²) in [4.78, 5) is 17.5. The third-order valence-corrected chi connectivity index (χ3v) is 5.45. The first-order valence-corrected chi connectivity index (χ1v) is 10.2. The summed E-state index contributed by atoms with van der Waals surface area (Å²) in [5.74, 6) is 1.94. The molecular weight excluding hydrogens is 392 g/mol. The van der Waals surface area contributed by atoms with Gasteiger partial charge in [0.25, 0.3) is 5.91 Å². The minimum Gasteiger partial charge on any atom is -0.454 e. The number of hydrogen-bond acceptors (Lipinski definition) is 5. The summed E-state index contributed by atoms with van der Waals surface area (Å²) in [5, 5.41) is 2.98. The molecule has 0 atom stereocenters. The summed E-state index contributed by atoms with van der Waals surface area (Å²) in [6, 6.07) is 17.0. The number of hydrogen-bond donors (Lipinski definition) is 1. The third-order valence-electron chi connectivity index (χ3n) is 5.45. The van der Waals surface area contributed by atoms with E-state index in [4.69, 9.17) is 13.9 Å². The fourth-order valence-electron chi connectivity index (χ4n) is 3.55. The van der Waals surface area contributed by atoms with Crippen molar-refractivity contribution in [2.75, 3.05) is 12.1 Å². The van der Waals surface area contributed by atoms with E-state index in [0.29, 0.717) is 34.6 Å². The molecular formula is C25H22N2O4. The van der Waals surface area contributed by atoms with Crippen LogP contribution < -0.4 is 14.8 Å². The van der Waals surface area contributed by atoms with Crippen molar-refractivity contribution in [3.63, 3.8) is 0 Å². The fourth-order valence-corrected chi connectivity index (χ4v) is 3.55. The number of amides is 1. The van der Waals surface area contributed by atoms with Crippen molar-refractivity contribution in [2.24, 2.45) is 0 Å². The summed E-state index contributed by atoms with van der Waals surface area (Å²) in [6.45, 7) is 6.42. The fraction of sp³-hybridized carbons (Fsp3) is 0.200. The van der Waals surface area contributed by atoms with Crippen molar-refractivity contribution < 1.29 is 18.7 Å². The first-order chi connectivity index (χ1) is 15.0. The highest BCUT2D eigenvalue weighted by molar-refractivity contribution is 6.05. The zero-order chi connectivity index (χ0) is 21.5. The van der Waals surface area contributed by atoms with Gasteiger partial charge >= 0.3 is 0 Å². The zero-order valence-corrected chi connectivity index (χ0v) is 17.6. The van der Waals surface area contributed by atoms with E-state index in [1.54, 1.807) is 18.2 Å². The van der Waals surface area contributed by atoms with Crippen LogP contribution in [0.2, 0.25) is 0 Å². The van der Waals surface area contributed by atoms with Crippen molar-refractivity contribution >= 4 is 22.7 Å². The second-order valence-electron chi connectivity index (χ2n) is 7.95. The Morgan fingerprint density at radius 1 is 1.00 bits per heavy atom. The van der Waals surface area contributed by atoms with Gasteiger partial charge in [0.2, 0.25) is 12.7 Å². The van der Waals surface area contributed by atoms with E-state index in [-0.39, 0.29) is 12.7 Å². The van der Waals surface area contributed by atoms with Crippen molar-refractivity contribution in [3.05, 3.63) is 71.3 Å². The maximum atomic E-state index is 12.8. The number of aryl methyl sites for hydroxylation is 1. The molecule has 1 aromatic heterocycles. The normalized spacial score (nSPS) is 12.5. The number of aromatic nitrogens is 1. The van der Waals surface area contributed by atoms with E-state index in [1.807, 2.05) is 31.2 Å². The molecule has 3 aromatic carbocycles. The van der Waals surface area contributed by atoms with E-state index < -0.39 is 0 Å². The molecule has 1 aliphatic rings. The van der Waals surface area contributed by atoms with Crippen LogP contribution in [-0.4, -0.2) is 17.7 Å². The van der Waals surface area contributed by atoms with Gasteiger partial charge in [-0.15, -0.1) is 0 Å². The van der Waals surface area contributed by atoms with Gasteiger partial charge in [-0.25, -0.2) is 4.98 Å². The Morgan fingerprint density at radius 3 is 2.68 bits per heavy atom. The number of oxazole rings is 1. The maximum Gasteiger partial charge on any atom is 0.255 e. The van der Waals surface area contributed by atoms with E-state index in [0.717, 1.165) is 22.2 Å². The summed E-state index contributed by atoms with van der Waals surface area (Å²) in [5.41, 5.74) is 5.72. The van der Waals surface area contributed by atoms with Crippen LogP contribution in [0.4, 0.5) is 5.69 Å². The number of carbonyl (C=O) groups excluding carboxylic acids is 1. The molecule has 4 aromatic rings. The van der Waals surface area contributed by atoms with Crippen LogP contribution in [0.15, 0.2) is 59.0 Å². The van der Waals surface area contributed by atoms with Crippen LogP contribution >= 0.6 is 0 Å². The quantitative estimate of drug-likeness (QED) is 0.449. The topological polar surface area (TPSA) is 73.6 Å². The first-order valence-electron chi connectivity index (χ1n) is 10.2. The van der Waals surface area contributed by atoms with E-state index in [2.05, 4.69) is 36.3 Å². The lowest BCUT2D eigenvalue weighted by Crippen LogP contribution is -2.12. The SMILES string of the molecule is Cc1ccc(-c2nc3cc(C(C)C)ccc3o2)cc1NC(=O)c1ccc2c(c1)OCO2. The number of ether oxygens (including phenoxy) is 2. The number of carbonyl (C=O) groups is 1. The van der Waals surface area contributed by atoms with Crippen LogP contribution in [0.1, 0.15) is 41.3 Å². The van der Waals surface area contributed by atoms with E-state index in [9.17, 15) is 4.79 Å². The van der Waals surface area contributed by atoms with Gasteiger partial charge in [-0.3, -0.25) is 4.79 Å². The van der Waals surface area contributed by atoms with Crippen LogP contribution in [-0.2, 0) is 0 Å². The van der Waals surface area contributed by atoms with E-state index >= 15 is 0 Å². The first kappa shape index (κ1) is 19.2. The molecule has 0 spiro atoms. The van der Waals surface area contributed by atoms with Gasteiger partial charge in [-0.1, -0.05) is 26.0 Å². The molecule has 6 heteroatoms. The molecule has 1 amide bonds. The van der Waals surface area contributed by atoms with Crippen molar-refractivity contribution in [1.29, 1.82) is 0 Å². The lowest BCUT2D eigenvalue weighted by atomic mass is 10.0. The van der Waals surface area contributed by atoms with Crippen LogP contribution in [0, 0.1) is 6.92 Å². The Balaban J connectivity index is 1.44. The largest absolute Gasteiger partial charge is 0.454 e. The lowest BCUT2D eigenvalue weighted by molar-refractivity contribution is 0.102. The van der Waals surface area contributed by atoms with Crippen molar-refractivity contribution in [3.8, 4) is 23.0 Å². The minimum absolute atomic E-state index is 0.171. The Labute approximate surface area is 179 Å². The second kappa shape index (κ2) is 7.47. The molecule has 0 unspecified atom stereocenters. The molecule has 0 aliphatic carbocycles. The number of anilines is 1. The summed E-state index contributed by atoms with van der Waals surface area (Å²) in [7, 11) is 0. The molecule has 6 nitrogen and oxygen atoms in total. The van der Waals surface area contributed by atoms with Crippen molar-refractivity contribution in [1.82, 2.24) is 4.98 Å². The Hall–Kier alpha value is -3.80. The molecule has 5 rings (SSSR count). The molecule has 1 aliphatic heterocycles. The number of benzene rings is 3. The average molecular weight is 414 g/mol. The summed E-state index contributed by atoms with van der Waals surface area (Å²) < 4.78 is 16.6. The van der Waals surface area contributed by atoms with Gasteiger partial charge in [-0.2, -0.15) is 0 Å². The van der Waals surface area contributed by atoms with Gasteiger partial charge in [0.15, 0.2) is 17.1 Å². The molecule has 0 saturated heterocycles. The number of rotatable bonds is 4. The third kappa shape index (κ3) is 3.61. The number of nitrogens with one attached hydrogen (secondary N) is 1. The molecule has 1 N–H and O–H groups in total. The Morgan fingerprint density at radius 2 is 1.84 bits per heavy atom. The van der Waals surface area contributed by atoms with Crippen LogP contribution in [0.5, 0.6) is 11.5 Å². The molecule has 0 saturated carbocycles.